The minimum atomic E-state index is -3.51. The SMILES string of the molecule is COc1ccc(Br)cc1S(=O)(=O)N1CCC(N2CCCC2)CC1. The van der Waals surface area contributed by atoms with Gasteiger partial charge < -0.3 is 9.64 Å². The smallest absolute Gasteiger partial charge is 0.246 e. The van der Waals surface area contributed by atoms with Crippen LogP contribution in [0.2, 0.25) is 0 Å². The summed E-state index contributed by atoms with van der Waals surface area (Å²) in [6, 6.07) is 5.64. The maximum absolute atomic E-state index is 13.0. The van der Waals surface area contributed by atoms with E-state index in [1.165, 1.54) is 20.0 Å². The third kappa shape index (κ3) is 3.57. The first kappa shape index (κ1) is 17.2. The zero-order chi connectivity index (χ0) is 16.4. The van der Waals surface area contributed by atoms with Crippen LogP contribution in [0.5, 0.6) is 5.75 Å². The number of ether oxygens (including phenoxy) is 1. The Morgan fingerprint density at radius 3 is 2.39 bits per heavy atom. The van der Waals surface area contributed by atoms with Crippen LogP contribution in [0.1, 0.15) is 25.7 Å². The van der Waals surface area contributed by atoms with Crippen molar-refractivity contribution in [3.63, 3.8) is 0 Å². The molecule has 3 rings (SSSR count). The lowest BCUT2D eigenvalue weighted by molar-refractivity contribution is 0.167. The first-order chi connectivity index (χ1) is 11.0. The van der Waals surface area contributed by atoms with Gasteiger partial charge in [-0.25, -0.2) is 8.42 Å². The Kier molecular flexibility index (Phi) is 5.30. The highest BCUT2D eigenvalue weighted by Crippen LogP contribution is 2.32. The van der Waals surface area contributed by atoms with Gasteiger partial charge in [-0.05, 0) is 57.0 Å². The molecule has 1 aromatic carbocycles. The van der Waals surface area contributed by atoms with Crippen LogP contribution in [0.3, 0.4) is 0 Å². The quantitative estimate of drug-likeness (QED) is 0.776. The Bertz CT molecular complexity index is 651. The van der Waals surface area contributed by atoms with E-state index in [0.717, 1.165) is 30.4 Å². The topological polar surface area (TPSA) is 49.9 Å². The molecule has 7 heteroatoms. The van der Waals surface area contributed by atoms with Gasteiger partial charge in [0, 0.05) is 23.6 Å². The zero-order valence-electron chi connectivity index (χ0n) is 13.4. The number of piperidine rings is 1. The van der Waals surface area contributed by atoms with Gasteiger partial charge in [-0.1, -0.05) is 15.9 Å². The number of hydrogen-bond donors (Lipinski definition) is 0. The van der Waals surface area contributed by atoms with Crippen molar-refractivity contribution in [3.8, 4) is 5.75 Å². The van der Waals surface area contributed by atoms with Crippen LogP contribution in [0, 0.1) is 0 Å². The molecule has 2 heterocycles. The average Bonchev–Trinajstić information content (AvgIpc) is 3.09. The Morgan fingerprint density at radius 1 is 1.13 bits per heavy atom. The van der Waals surface area contributed by atoms with E-state index in [1.54, 1.807) is 22.5 Å². The van der Waals surface area contributed by atoms with Gasteiger partial charge in [-0.3, -0.25) is 0 Å². The molecule has 0 spiro atoms. The number of methoxy groups -OCH3 is 1. The predicted octanol–water partition coefficient (Wildman–Crippen LogP) is 2.71. The number of sulfonamides is 1. The highest BCUT2D eigenvalue weighted by molar-refractivity contribution is 9.10. The summed E-state index contributed by atoms with van der Waals surface area (Å²) in [5.74, 6) is 0.398. The molecular weight excluding hydrogens is 380 g/mol. The van der Waals surface area contributed by atoms with E-state index in [1.807, 2.05) is 0 Å². The van der Waals surface area contributed by atoms with E-state index in [0.29, 0.717) is 24.9 Å². The van der Waals surface area contributed by atoms with Gasteiger partial charge in [-0.2, -0.15) is 4.31 Å². The Morgan fingerprint density at radius 2 is 1.78 bits per heavy atom. The van der Waals surface area contributed by atoms with Crippen LogP contribution in [-0.4, -0.2) is 57.0 Å². The molecule has 0 amide bonds. The third-order valence-electron chi connectivity index (χ3n) is 4.82. The number of benzene rings is 1. The molecule has 2 saturated heterocycles. The van der Waals surface area contributed by atoms with E-state index in [-0.39, 0.29) is 4.90 Å². The third-order valence-corrected chi connectivity index (χ3v) is 7.24. The van der Waals surface area contributed by atoms with Crippen molar-refractivity contribution >= 4 is 26.0 Å². The second-order valence-electron chi connectivity index (χ2n) is 6.17. The molecule has 0 radical (unpaired) electrons. The fourth-order valence-corrected chi connectivity index (χ4v) is 5.71. The lowest BCUT2D eigenvalue weighted by Crippen LogP contribution is -2.45. The fourth-order valence-electron chi connectivity index (χ4n) is 3.55. The summed E-state index contributed by atoms with van der Waals surface area (Å²) >= 11 is 3.35. The predicted molar refractivity (Wildman–Crippen MR) is 93.3 cm³/mol. The van der Waals surface area contributed by atoms with Gasteiger partial charge in [0.2, 0.25) is 10.0 Å². The average molecular weight is 403 g/mol. The van der Waals surface area contributed by atoms with Crippen molar-refractivity contribution in [2.45, 2.75) is 36.6 Å². The van der Waals surface area contributed by atoms with Gasteiger partial charge in [0.1, 0.15) is 10.6 Å². The van der Waals surface area contributed by atoms with E-state index in [2.05, 4.69) is 20.8 Å². The molecule has 1 aromatic rings. The molecule has 0 aromatic heterocycles. The van der Waals surface area contributed by atoms with Crippen LogP contribution in [0.25, 0.3) is 0 Å². The summed E-state index contributed by atoms with van der Waals surface area (Å²) in [4.78, 5) is 2.76. The maximum atomic E-state index is 13.0. The van der Waals surface area contributed by atoms with Crippen LogP contribution in [0.4, 0.5) is 0 Å². The van der Waals surface area contributed by atoms with Gasteiger partial charge >= 0.3 is 0 Å². The summed E-state index contributed by atoms with van der Waals surface area (Å²) in [5.41, 5.74) is 0. The number of likely N-dealkylation sites (tertiary alicyclic amines) is 1. The first-order valence-electron chi connectivity index (χ1n) is 8.10. The lowest BCUT2D eigenvalue weighted by atomic mass is 10.1. The summed E-state index contributed by atoms with van der Waals surface area (Å²) in [5, 5.41) is 0. The number of halogens is 1. The Balaban J connectivity index is 1.75. The summed E-state index contributed by atoms with van der Waals surface area (Å²) in [6.45, 7) is 3.49. The van der Waals surface area contributed by atoms with E-state index >= 15 is 0 Å². The van der Waals surface area contributed by atoms with Crippen LogP contribution in [-0.2, 0) is 10.0 Å². The normalized spacial score (nSPS) is 21.7. The molecule has 23 heavy (non-hydrogen) atoms. The molecular formula is C16H23BrN2O3S. The molecule has 0 aliphatic carbocycles. The first-order valence-corrected chi connectivity index (χ1v) is 10.3. The van der Waals surface area contributed by atoms with E-state index in [9.17, 15) is 8.42 Å². The van der Waals surface area contributed by atoms with Crippen molar-refractivity contribution in [1.29, 1.82) is 0 Å². The number of hydrogen-bond acceptors (Lipinski definition) is 4. The van der Waals surface area contributed by atoms with Crippen molar-refractivity contribution in [2.24, 2.45) is 0 Å². The summed E-state index contributed by atoms with van der Waals surface area (Å²) < 4.78 is 33.5. The number of nitrogens with zero attached hydrogens (tertiary/aromatic N) is 2. The lowest BCUT2D eigenvalue weighted by Gasteiger charge is -2.36. The molecule has 5 nitrogen and oxygen atoms in total. The maximum Gasteiger partial charge on any atom is 0.246 e. The van der Waals surface area contributed by atoms with Crippen molar-refractivity contribution in [3.05, 3.63) is 22.7 Å². The largest absolute Gasteiger partial charge is 0.495 e. The van der Waals surface area contributed by atoms with Gasteiger partial charge in [-0.15, -0.1) is 0 Å². The van der Waals surface area contributed by atoms with Crippen molar-refractivity contribution < 1.29 is 13.2 Å². The van der Waals surface area contributed by atoms with Gasteiger partial charge in [0.25, 0.3) is 0 Å². The molecule has 2 aliphatic rings. The highest BCUT2D eigenvalue weighted by atomic mass is 79.9. The summed E-state index contributed by atoms with van der Waals surface area (Å²) in [7, 11) is -2.01. The van der Waals surface area contributed by atoms with Crippen LogP contribution < -0.4 is 4.74 Å². The summed E-state index contributed by atoms with van der Waals surface area (Å²) in [6.07, 6.45) is 4.37. The second-order valence-corrected chi connectivity index (χ2v) is 9.00. The highest BCUT2D eigenvalue weighted by Gasteiger charge is 2.33. The van der Waals surface area contributed by atoms with Gasteiger partial charge in [0.05, 0.1) is 7.11 Å². The van der Waals surface area contributed by atoms with E-state index in [4.69, 9.17) is 4.74 Å². The van der Waals surface area contributed by atoms with Crippen molar-refractivity contribution in [2.75, 3.05) is 33.3 Å². The molecule has 0 unspecified atom stereocenters. The monoisotopic (exact) mass is 402 g/mol. The Labute approximate surface area is 146 Å². The minimum absolute atomic E-state index is 0.244. The molecule has 2 fully saturated rings. The van der Waals surface area contributed by atoms with Gasteiger partial charge in [0.15, 0.2) is 0 Å². The van der Waals surface area contributed by atoms with Crippen molar-refractivity contribution in [1.82, 2.24) is 9.21 Å². The molecule has 128 valence electrons. The zero-order valence-corrected chi connectivity index (χ0v) is 15.8. The molecule has 0 saturated carbocycles. The Hall–Kier alpha value is -0.630. The molecule has 0 atom stereocenters. The van der Waals surface area contributed by atoms with Crippen LogP contribution >= 0.6 is 15.9 Å². The fraction of sp³-hybridized carbons (Fsp3) is 0.625. The van der Waals surface area contributed by atoms with Crippen LogP contribution in [0.15, 0.2) is 27.6 Å². The molecule has 2 aliphatic heterocycles. The van der Waals surface area contributed by atoms with E-state index < -0.39 is 10.0 Å². The minimum Gasteiger partial charge on any atom is -0.495 e. The second kappa shape index (κ2) is 7.09. The number of rotatable bonds is 4. The standard InChI is InChI=1S/C16H23BrN2O3S/c1-22-15-5-4-13(17)12-16(15)23(20,21)19-10-6-14(7-11-19)18-8-2-3-9-18/h4-5,12,14H,2-3,6-11H2,1H3. The molecule has 0 bridgehead atoms. The molecule has 0 N–H and O–H groups in total.